The SMILES string of the molecule is COc1ccc(NC(C)=O)cc1NC(=O)C1=NN(c2cccc(C)c2)C(=O)CC1. The molecule has 0 saturated heterocycles. The maximum Gasteiger partial charge on any atom is 0.271 e. The molecule has 0 aromatic heterocycles. The van der Waals surface area contributed by atoms with Gasteiger partial charge in [0.15, 0.2) is 0 Å². The second-order valence-corrected chi connectivity index (χ2v) is 6.64. The van der Waals surface area contributed by atoms with Crippen LogP contribution in [0.15, 0.2) is 47.6 Å². The third-order valence-corrected chi connectivity index (χ3v) is 4.31. The summed E-state index contributed by atoms with van der Waals surface area (Å²) < 4.78 is 5.28. The number of hydrogen-bond donors (Lipinski definition) is 2. The lowest BCUT2D eigenvalue weighted by atomic mass is 10.1. The summed E-state index contributed by atoms with van der Waals surface area (Å²) in [7, 11) is 1.49. The molecule has 0 radical (unpaired) electrons. The second kappa shape index (κ2) is 8.55. The van der Waals surface area contributed by atoms with E-state index in [1.54, 1.807) is 24.3 Å². The molecule has 3 amide bonds. The van der Waals surface area contributed by atoms with Crippen LogP contribution in [0, 0.1) is 6.92 Å². The van der Waals surface area contributed by atoms with Gasteiger partial charge in [0.2, 0.25) is 11.8 Å². The molecule has 3 rings (SSSR count). The topological polar surface area (TPSA) is 100 Å². The van der Waals surface area contributed by atoms with Crippen molar-refractivity contribution in [2.75, 3.05) is 22.8 Å². The highest BCUT2D eigenvalue weighted by atomic mass is 16.5. The first-order valence-corrected chi connectivity index (χ1v) is 9.11. The number of hydrogen-bond acceptors (Lipinski definition) is 5. The Bertz CT molecular complexity index is 1000. The van der Waals surface area contributed by atoms with Crippen molar-refractivity contribution >= 4 is 40.5 Å². The van der Waals surface area contributed by atoms with E-state index in [2.05, 4.69) is 15.7 Å². The van der Waals surface area contributed by atoms with Crippen LogP contribution in [0.1, 0.15) is 25.3 Å². The van der Waals surface area contributed by atoms with Gasteiger partial charge in [-0.1, -0.05) is 12.1 Å². The van der Waals surface area contributed by atoms with Crippen LogP contribution in [0.4, 0.5) is 17.1 Å². The molecule has 8 nitrogen and oxygen atoms in total. The van der Waals surface area contributed by atoms with E-state index in [1.807, 2.05) is 25.1 Å². The van der Waals surface area contributed by atoms with Crippen molar-refractivity contribution in [1.82, 2.24) is 0 Å². The van der Waals surface area contributed by atoms with Crippen LogP contribution in [-0.2, 0) is 14.4 Å². The average Bonchev–Trinajstić information content (AvgIpc) is 2.68. The number of nitrogens with one attached hydrogen (secondary N) is 2. The fraction of sp³-hybridized carbons (Fsp3) is 0.238. The first kappa shape index (κ1) is 20.1. The van der Waals surface area contributed by atoms with Gasteiger partial charge < -0.3 is 15.4 Å². The predicted octanol–water partition coefficient (Wildman–Crippen LogP) is 3.08. The highest BCUT2D eigenvalue weighted by Gasteiger charge is 2.26. The zero-order valence-electron chi connectivity index (χ0n) is 16.5. The molecule has 0 fully saturated rings. The number of hydrazone groups is 1. The Kier molecular flexibility index (Phi) is 5.92. The molecular weight excluding hydrogens is 372 g/mol. The molecule has 29 heavy (non-hydrogen) atoms. The summed E-state index contributed by atoms with van der Waals surface area (Å²) in [5, 5.41) is 11.0. The largest absolute Gasteiger partial charge is 0.495 e. The first-order chi connectivity index (χ1) is 13.9. The fourth-order valence-corrected chi connectivity index (χ4v) is 2.96. The van der Waals surface area contributed by atoms with E-state index >= 15 is 0 Å². The Morgan fingerprint density at radius 1 is 1.10 bits per heavy atom. The number of anilines is 3. The van der Waals surface area contributed by atoms with E-state index < -0.39 is 5.91 Å². The molecule has 0 atom stereocenters. The van der Waals surface area contributed by atoms with E-state index in [0.29, 0.717) is 22.8 Å². The lowest BCUT2D eigenvalue weighted by Crippen LogP contribution is -2.36. The molecule has 1 aliphatic heterocycles. The Hall–Kier alpha value is -3.68. The van der Waals surface area contributed by atoms with Gasteiger partial charge in [0.1, 0.15) is 11.5 Å². The van der Waals surface area contributed by atoms with Crippen LogP contribution in [0.2, 0.25) is 0 Å². The number of amides is 3. The fourth-order valence-electron chi connectivity index (χ4n) is 2.96. The molecule has 0 unspecified atom stereocenters. The van der Waals surface area contributed by atoms with E-state index in [-0.39, 0.29) is 30.4 Å². The molecule has 150 valence electrons. The Labute approximate surface area is 168 Å². The number of nitrogens with zero attached hydrogens (tertiary/aromatic N) is 2. The summed E-state index contributed by atoms with van der Waals surface area (Å²) in [6.07, 6.45) is 0.421. The molecule has 2 N–H and O–H groups in total. The molecular formula is C21H22N4O4. The van der Waals surface area contributed by atoms with E-state index in [1.165, 1.54) is 19.0 Å². The summed E-state index contributed by atoms with van der Waals surface area (Å²) in [6.45, 7) is 3.32. The molecule has 0 spiro atoms. The zero-order chi connectivity index (χ0) is 21.0. The van der Waals surface area contributed by atoms with Crippen molar-refractivity contribution in [1.29, 1.82) is 0 Å². The number of ether oxygens (including phenoxy) is 1. The van der Waals surface area contributed by atoms with E-state index in [0.717, 1.165) is 5.56 Å². The van der Waals surface area contributed by atoms with Crippen molar-refractivity contribution in [2.45, 2.75) is 26.7 Å². The summed E-state index contributed by atoms with van der Waals surface area (Å²) in [5.74, 6) is -0.391. The number of carbonyl (C=O) groups excluding carboxylic acids is 3. The molecule has 2 aromatic carbocycles. The predicted molar refractivity (Wildman–Crippen MR) is 111 cm³/mol. The van der Waals surface area contributed by atoms with Gasteiger partial charge in [-0.2, -0.15) is 5.10 Å². The Balaban J connectivity index is 1.85. The third kappa shape index (κ3) is 4.78. The molecule has 0 bridgehead atoms. The second-order valence-electron chi connectivity index (χ2n) is 6.64. The van der Waals surface area contributed by atoms with Crippen LogP contribution in [-0.4, -0.2) is 30.5 Å². The van der Waals surface area contributed by atoms with Gasteiger partial charge >= 0.3 is 0 Å². The van der Waals surface area contributed by atoms with Gasteiger partial charge in [0.25, 0.3) is 5.91 Å². The van der Waals surface area contributed by atoms with Crippen molar-refractivity contribution < 1.29 is 19.1 Å². The molecule has 1 aliphatic rings. The van der Waals surface area contributed by atoms with Gasteiger partial charge in [-0.15, -0.1) is 0 Å². The van der Waals surface area contributed by atoms with E-state index in [9.17, 15) is 14.4 Å². The minimum absolute atomic E-state index is 0.169. The van der Waals surface area contributed by atoms with Gasteiger partial charge in [0, 0.05) is 25.5 Å². The van der Waals surface area contributed by atoms with Crippen LogP contribution in [0.3, 0.4) is 0 Å². The average molecular weight is 394 g/mol. The van der Waals surface area contributed by atoms with Crippen LogP contribution in [0.25, 0.3) is 0 Å². The first-order valence-electron chi connectivity index (χ1n) is 9.11. The monoisotopic (exact) mass is 394 g/mol. The van der Waals surface area contributed by atoms with Crippen molar-refractivity contribution in [3.63, 3.8) is 0 Å². The number of rotatable bonds is 5. The molecule has 8 heteroatoms. The summed E-state index contributed by atoms with van der Waals surface area (Å²) >= 11 is 0. The van der Waals surface area contributed by atoms with Crippen LogP contribution < -0.4 is 20.4 Å². The van der Waals surface area contributed by atoms with Gasteiger partial charge in [-0.3, -0.25) is 14.4 Å². The third-order valence-electron chi connectivity index (χ3n) is 4.31. The maximum atomic E-state index is 12.8. The van der Waals surface area contributed by atoms with Crippen molar-refractivity contribution in [3.8, 4) is 5.75 Å². The highest BCUT2D eigenvalue weighted by Crippen LogP contribution is 2.28. The quantitative estimate of drug-likeness (QED) is 0.814. The zero-order valence-corrected chi connectivity index (χ0v) is 16.5. The number of aryl methyl sites for hydroxylation is 1. The number of methoxy groups -OCH3 is 1. The standard InChI is InChI=1S/C21H22N4O4/c1-13-5-4-6-16(11-13)25-20(27)10-8-17(24-25)21(28)23-18-12-15(22-14(2)26)7-9-19(18)29-3/h4-7,9,11-12H,8,10H2,1-3H3,(H,22,26)(H,23,28). The van der Waals surface area contributed by atoms with Crippen molar-refractivity contribution in [2.24, 2.45) is 5.10 Å². The van der Waals surface area contributed by atoms with E-state index in [4.69, 9.17) is 4.74 Å². The highest BCUT2D eigenvalue weighted by molar-refractivity contribution is 6.44. The smallest absolute Gasteiger partial charge is 0.271 e. The van der Waals surface area contributed by atoms with Crippen LogP contribution >= 0.6 is 0 Å². The lowest BCUT2D eigenvalue weighted by molar-refractivity contribution is -0.119. The minimum atomic E-state index is -0.437. The minimum Gasteiger partial charge on any atom is -0.495 e. The lowest BCUT2D eigenvalue weighted by Gasteiger charge is -2.23. The summed E-state index contributed by atoms with van der Waals surface area (Å²) in [5.41, 5.74) is 2.76. The Morgan fingerprint density at radius 2 is 1.90 bits per heavy atom. The van der Waals surface area contributed by atoms with Crippen LogP contribution in [0.5, 0.6) is 5.75 Å². The number of carbonyl (C=O) groups is 3. The molecule has 1 heterocycles. The molecule has 2 aromatic rings. The molecule has 0 aliphatic carbocycles. The van der Waals surface area contributed by atoms with Gasteiger partial charge in [-0.25, -0.2) is 5.01 Å². The van der Waals surface area contributed by atoms with Crippen molar-refractivity contribution in [3.05, 3.63) is 48.0 Å². The maximum absolute atomic E-state index is 12.8. The van der Waals surface area contributed by atoms with Gasteiger partial charge in [0.05, 0.1) is 18.5 Å². The normalized spacial score (nSPS) is 13.6. The number of benzene rings is 2. The Morgan fingerprint density at radius 3 is 2.59 bits per heavy atom. The summed E-state index contributed by atoms with van der Waals surface area (Å²) in [6, 6.07) is 12.3. The molecule has 0 saturated carbocycles. The summed E-state index contributed by atoms with van der Waals surface area (Å²) in [4.78, 5) is 36.4. The van der Waals surface area contributed by atoms with Gasteiger partial charge in [-0.05, 0) is 42.8 Å².